The first-order chi connectivity index (χ1) is 13.7. The number of aromatic amines is 1. The topological polar surface area (TPSA) is 121 Å². The van der Waals surface area contributed by atoms with Crippen LogP contribution in [-0.2, 0) is 11.3 Å². The number of nitrogens with one attached hydrogen (secondary N) is 2. The van der Waals surface area contributed by atoms with Crippen LogP contribution in [0.5, 0.6) is 0 Å². The number of aliphatic carboxylic acids is 1. The molecule has 13 heteroatoms. The van der Waals surface area contributed by atoms with Crippen molar-refractivity contribution in [1.82, 2.24) is 25.5 Å². The molecule has 0 saturated heterocycles. The summed E-state index contributed by atoms with van der Waals surface area (Å²) in [4.78, 5) is 29.9. The highest BCUT2D eigenvalue weighted by atomic mass is 32.2. The van der Waals surface area contributed by atoms with Crippen molar-refractivity contribution >= 4 is 35.0 Å². The molecule has 0 saturated carbocycles. The number of pyridine rings is 1. The van der Waals surface area contributed by atoms with Gasteiger partial charge in [0.05, 0.1) is 15.6 Å². The van der Waals surface area contributed by atoms with Crippen LogP contribution in [0.25, 0.3) is 11.4 Å². The molecule has 3 heterocycles. The van der Waals surface area contributed by atoms with Crippen LogP contribution in [0.1, 0.15) is 15.5 Å². The van der Waals surface area contributed by atoms with E-state index in [4.69, 9.17) is 9.90 Å². The fourth-order valence-electron chi connectivity index (χ4n) is 1.81. The van der Waals surface area contributed by atoms with Gasteiger partial charge in [-0.05, 0) is 30.5 Å². The van der Waals surface area contributed by atoms with E-state index < -0.39 is 12.1 Å². The summed E-state index contributed by atoms with van der Waals surface area (Å²) in [5.74, 6) is -1.66. The zero-order valence-corrected chi connectivity index (χ0v) is 16.4. The molecule has 8 nitrogen and oxygen atoms in total. The summed E-state index contributed by atoms with van der Waals surface area (Å²) in [5.41, 5.74) is 0.881. The third-order valence-corrected chi connectivity index (χ3v) is 5.30. The van der Waals surface area contributed by atoms with Crippen molar-refractivity contribution in [2.75, 3.05) is 6.26 Å². The van der Waals surface area contributed by atoms with E-state index in [1.54, 1.807) is 24.2 Å². The van der Waals surface area contributed by atoms with E-state index in [0.717, 1.165) is 9.77 Å². The Hall–Kier alpha value is -2.93. The maximum absolute atomic E-state index is 12.0. The number of nitrogens with zero attached hydrogens (tertiary/aromatic N) is 3. The minimum atomic E-state index is -5.08. The fourth-order valence-corrected chi connectivity index (χ4v) is 3.27. The monoisotopic (exact) mass is 445 g/mol. The lowest BCUT2D eigenvalue weighted by molar-refractivity contribution is -0.192. The third-order valence-electron chi connectivity index (χ3n) is 3.14. The Morgan fingerprint density at radius 3 is 2.45 bits per heavy atom. The van der Waals surface area contributed by atoms with E-state index >= 15 is 0 Å². The number of carbonyl (C=O) groups is 2. The molecule has 1 amide bonds. The molecule has 0 aliphatic carbocycles. The average Bonchev–Trinajstić information content (AvgIpc) is 3.36. The van der Waals surface area contributed by atoms with E-state index in [9.17, 15) is 18.0 Å². The Kier molecular flexibility index (Phi) is 7.73. The van der Waals surface area contributed by atoms with Crippen molar-refractivity contribution in [2.24, 2.45) is 0 Å². The normalized spacial score (nSPS) is 10.8. The first-order valence-electron chi connectivity index (χ1n) is 7.74. The number of thiophene rings is 1. The zero-order valence-electron chi connectivity index (χ0n) is 14.7. The number of aromatic nitrogens is 4. The lowest BCUT2D eigenvalue weighted by atomic mass is 10.2. The number of hydrogen-bond donors (Lipinski definition) is 3. The van der Waals surface area contributed by atoms with Crippen LogP contribution in [-0.4, -0.2) is 49.6 Å². The Bertz CT molecular complexity index is 960. The maximum Gasteiger partial charge on any atom is 0.490 e. The van der Waals surface area contributed by atoms with Gasteiger partial charge >= 0.3 is 12.1 Å². The van der Waals surface area contributed by atoms with Gasteiger partial charge in [0.2, 0.25) is 0 Å². The van der Waals surface area contributed by atoms with Gasteiger partial charge in [0, 0.05) is 18.0 Å². The summed E-state index contributed by atoms with van der Waals surface area (Å²) in [6, 6.07) is 7.44. The molecule has 154 valence electrons. The molecular weight excluding hydrogens is 431 g/mol. The van der Waals surface area contributed by atoms with Crippen molar-refractivity contribution < 1.29 is 27.9 Å². The highest BCUT2D eigenvalue weighted by molar-refractivity contribution is 8.00. The van der Waals surface area contributed by atoms with Crippen LogP contribution in [0.4, 0.5) is 13.2 Å². The SMILES string of the molecule is CSc1ccc(C(=O)NCc2nc(-c3ccncc3)n[nH]2)s1.O=C(O)C(F)(F)F. The highest BCUT2D eigenvalue weighted by Gasteiger charge is 2.38. The molecule has 0 aliphatic rings. The number of thioether (sulfide) groups is 1. The van der Waals surface area contributed by atoms with Crippen LogP contribution in [0.15, 0.2) is 40.9 Å². The van der Waals surface area contributed by atoms with Gasteiger partial charge in [-0.1, -0.05) is 0 Å². The standard InChI is InChI=1S/C14H13N5OS2.C2HF3O2/c1-21-12-3-2-10(22-12)14(20)16-8-11-17-13(19-18-11)9-4-6-15-7-5-9;3-2(4,5)1(6)7/h2-7H,8H2,1H3,(H,16,20)(H,17,18,19);(H,6,7). The molecule has 0 radical (unpaired) electrons. The molecule has 0 aromatic carbocycles. The Morgan fingerprint density at radius 1 is 1.24 bits per heavy atom. The molecular formula is C16H14F3N5O3S2. The van der Waals surface area contributed by atoms with Gasteiger partial charge in [-0.2, -0.15) is 18.3 Å². The lowest BCUT2D eigenvalue weighted by Gasteiger charge is -1.99. The van der Waals surface area contributed by atoms with Crippen molar-refractivity contribution in [2.45, 2.75) is 16.9 Å². The summed E-state index contributed by atoms with van der Waals surface area (Å²) in [7, 11) is 0. The Morgan fingerprint density at radius 2 is 1.90 bits per heavy atom. The number of H-pyrrole nitrogens is 1. The average molecular weight is 445 g/mol. The van der Waals surface area contributed by atoms with E-state index in [1.807, 2.05) is 30.5 Å². The number of carbonyl (C=O) groups excluding carboxylic acids is 1. The van der Waals surface area contributed by atoms with E-state index in [1.165, 1.54) is 11.3 Å². The van der Waals surface area contributed by atoms with Crippen molar-refractivity contribution in [3.8, 4) is 11.4 Å². The summed E-state index contributed by atoms with van der Waals surface area (Å²) in [6.45, 7) is 0.309. The van der Waals surface area contributed by atoms with Crippen molar-refractivity contribution in [1.29, 1.82) is 0 Å². The lowest BCUT2D eigenvalue weighted by Crippen LogP contribution is -2.22. The van der Waals surface area contributed by atoms with Gasteiger partial charge in [0.15, 0.2) is 5.82 Å². The minimum absolute atomic E-state index is 0.104. The van der Waals surface area contributed by atoms with Gasteiger partial charge in [0.25, 0.3) is 5.91 Å². The van der Waals surface area contributed by atoms with E-state index in [-0.39, 0.29) is 5.91 Å². The van der Waals surface area contributed by atoms with Crippen LogP contribution in [0, 0.1) is 0 Å². The zero-order chi connectivity index (χ0) is 21.4. The Labute approximate surface area is 170 Å². The number of hydrogen-bond acceptors (Lipinski definition) is 7. The van der Waals surface area contributed by atoms with Gasteiger partial charge in [-0.15, -0.1) is 23.1 Å². The second-order valence-corrected chi connectivity index (χ2v) is 7.34. The first kappa shape index (κ1) is 22.4. The molecule has 0 aliphatic heterocycles. The van der Waals surface area contributed by atoms with Crippen LogP contribution in [0.3, 0.4) is 0 Å². The molecule has 3 N–H and O–H groups in total. The summed E-state index contributed by atoms with van der Waals surface area (Å²) >= 11 is 3.10. The number of rotatable bonds is 5. The predicted molar refractivity (Wildman–Crippen MR) is 101 cm³/mol. The maximum atomic E-state index is 12.0. The molecule has 0 unspecified atom stereocenters. The molecule has 3 aromatic heterocycles. The van der Waals surface area contributed by atoms with Crippen molar-refractivity contribution in [3.05, 3.63) is 47.4 Å². The van der Waals surface area contributed by atoms with Gasteiger partial charge in [-0.3, -0.25) is 14.9 Å². The van der Waals surface area contributed by atoms with Gasteiger partial charge < -0.3 is 10.4 Å². The van der Waals surface area contributed by atoms with E-state index in [2.05, 4.69) is 25.5 Å². The predicted octanol–water partition coefficient (Wildman–Crippen LogP) is 3.21. The fraction of sp³-hybridized carbons (Fsp3) is 0.188. The second-order valence-electron chi connectivity index (χ2n) is 5.15. The third kappa shape index (κ3) is 6.87. The van der Waals surface area contributed by atoms with Crippen LogP contribution in [0.2, 0.25) is 0 Å². The van der Waals surface area contributed by atoms with Gasteiger partial charge in [-0.25, -0.2) is 9.78 Å². The number of amides is 1. The van der Waals surface area contributed by atoms with Crippen LogP contribution < -0.4 is 5.32 Å². The van der Waals surface area contributed by atoms with Crippen LogP contribution >= 0.6 is 23.1 Å². The number of alkyl halides is 3. The molecule has 3 aromatic rings. The highest BCUT2D eigenvalue weighted by Crippen LogP contribution is 2.25. The minimum Gasteiger partial charge on any atom is -0.475 e. The van der Waals surface area contributed by atoms with Gasteiger partial charge in [0.1, 0.15) is 5.82 Å². The summed E-state index contributed by atoms with van der Waals surface area (Å²) < 4.78 is 32.9. The smallest absolute Gasteiger partial charge is 0.475 e. The molecule has 0 fully saturated rings. The Balaban J connectivity index is 0.000000370. The largest absolute Gasteiger partial charge is 0.490 e. The quantitative estimate of drug-likeness (QED) is 0.516. The number of carboxylic acids is 1. The van der Waals surface area contributed by atoms with Crippen molar-refractivity contribution in [3.63, 3.8) is 0 Å². The first-order valence-corrected chi connectivity index (χ1v) is 9.78. The van der Waals surface area contributed by atoms with E-state index in [0.29, 0.717) is 23.1 Å². The molecule has 0 spiro atoms. The molecule has 0 atom stereocenters. The number of carboxylic acid groups (broad SMARTS) is 1. The molecule has 3 rings (SSSR count). The summed E-state index contributed by atoms with van der Waals surface area (Å²) in [5, 5.41) is 16.9. The molecule has 29 heavy (non-hydrogen) atoms. The number of halogens is 3. The summed E-state index contributed by atoms with van der Waals surface area (Å²) in [6.07, 6.45) is 0.281. The molecule has 0 bridgehead atoms. The second kappa shape index (κ2) is 10.0.